The summed E-state index contributed by atoms with van der Waals surface area (Å²) in [5, 5.41) is 20.7. The number of carbonyl (C=O) groups is 2. The maximum atomic E-state index is 11.2. The molecule has 2 atom stereocenters. The van der Waals surface area contributed by atoms with Crippen molar-refractivity contribution in [2.45, 2.75) is 30.9 Å². The third-order valence-corrected chi connectivity index (χ3v) is 2.57. The Morgan fingerprint density at radius 2 is 2.31 bits per heavy atom. The summed E-state index contributed by atoms with van der Waals surface area (Å²) in [7, 11) is 0. The molecule has 1 amide bonds. The van der Waals surface area contributed by atoms with E-state index in [4.69, 9.17) is 5.11 Å². The lowest BCUT2D eigenvalue weighted by molar-refractivity contribution is -0.144. The summed E-state index contributed by atoms with van der Waals surface area (Å²) >= 11 is 0. The summed E-state index contributed by atoms with van der Waals surface area (Å²) in [6.45, 7) is 3.39. The Kier molecular flexibility index (Phi) is 3.89. The van der Waals surface area contributed by atoms with Gasteiger partial charge in [-0.3, -0.25) is 0 Å². The highest BCUT2D eigenvalue weighted by molar-refractivity contribution is 5.84. The lowest BCUT2D eigenvalue weighted by Gasteiger charge is -2.24. The van der Waals surface area contributed by atoms with Gasteiger partial charge in [0.2, 0.25) is 0 Å². The van der Waals surface area contributed by atoms with Crippen molar-refractivity contribution in [2.24, 2.45) is 0 Å². The van der Waals surface area contributed by atoms with Crippen LogP contribution in [0.15, 0.2) is 12.7 Å². The number of carboxylic acid groups (broad SMARTS) is 1. The Balaban J connectivity index is 2.62. The number of hydrogen-bond acceptors (Lipinski definition) is 4. The van der Waals surface area contributed by atoms with E-state index in [1.54, 1.807) is 0 Å². The first-order valence-electron chi connectivity index (χ1n) is 4.97. The largest absolute Gasteiger partial charge is 0.480 e. The summed E-state index contributed by atoms with van der Waals surface area (Å²) in [6.07, 6.45) is 0.440. The predicted molar refractivity (Wildman–Crippen MR) is 54.9 cm³/mol. The molecule has 1 aliphatic carbocycles. The first-order valence-corrected chi connectivity index (χ1v) is 4.97. The average molecular weight is 229 g/mol. The summed E-state index contributed by atoms with van der Waals surface area (Å²) in [5.74, 6) is -1.15. The van der Waals surface area contributed by atoms with Gasteiger partial charge in [-0.1, -0.05) is 12.7 Å². The molecular formula is C10H15NO5. The van der Waals surface area contributed by atoms with Crippen molar-refractivity contribution in [1.29, 1.82) is 0 Å². The van der Waals surface area contributed by atoms with Crippen LogP contribution < -0.4 is 5.32 Å². The highest BCUT2D eigenvalue weighted by Gasteiger charge is 2.46. The van der Waals surface area contributed by atoms with Crippen molar-refractivity contribution in [3.05, 3.63) is 12.7 Å². The fourth-order valence-corrected chi connectivity index (χ4v) is 1.75. The van der Waals surface area contributed by atoms with Crippen molar-refractivity contribution >= 4 is 12.1 Å². The minimum atomic E-state index is -1.41. The molecule has 16 heavy (non-hydrogen) atoms. The maximum Gasteiger partial charge on any atom is 0.408 e. The molecule has 0 aliphatic heterocycles. The summed E-state index contributed by atoms with van der Waals surface area (Å²) in [6, 6.07) is 0. The minimum Gasteiger partial charge on any atom is -0.480 e. The van der Waals surface area contributed by atoms with Crippen LogP contribution in [0.3, 0.4) is 0 Å². The zero-order valence-corrected chi connectivity index (χ0v) is 8.81. The molecule has 1 aliphatic rings. The molecule has 1 saturated carbocycles. The van der Waals surface area contributed by atoms with Gasteiger partial charge in [0.25, 0.3) is 0 Å². The van der Waals surface area contributed by atoms with Gasteiger partial charge in [-0.15, -0.1) is 0 Å². The van der Waals surface area contributed by atoms with Crippen molar-refractivity contribution in [1.82, 2.24) is 5.32 Å². The number of amides is 1. The Bertz CT molecular complexity index is 304. The van der Waals surface area contributed by atoms with Gasteiger partial charge >= 0.3 is 12.1 Å². The second-order valence-corrected chi connectivity index (χ2v) is 3.80. The summed E-state index contributed by atoms with van der Waals surface area (Å²) < 4.78 is 4.65. The van der Waals surface area contributed by atoms with Gasteiger partial charge in [0.05, 0.1) is 6.10 Å². The topological polar surface area (TPSA) is 95.9 Å². The first kappa shape index (κ1) is 12.5. The molecule has 0 aromatic carbocycles. The number of hydrogen-bond donors (Lipinski definition) is 3. The maximum absolute atomic E-state index is 11.2. The van der Waals surface area contributed by atoms with Gasteiger partial charge in [0.1, 0.15) is 12.1 Å². The van der Waals surface area contributed by atoms with E-state index in [0.717, 1.165) is 0 Å². The number of rotatable bonds is 4. The number of carbonyl (C=O) groups excluding carboxylic acids is 1. The van der Waals surface area contributed by atoms with Gasteiger partial charge in [-0.05, 0) is 12.8 Å². The molecule has 0 saturated heterocycles. The lowest BCUT2D eigenvalue weighted by Crippen LogP contribution is -2.53. The Morgan fingerprint density at radius 3 is 2.75 bits per heavy atom. The molecular weight excluding hydrogens is 214 g/mol. The number of nitrogens with one attached hydrogen (secondary N) is 1. The molecule has 0 radical (unpaired) electrons. The number of aliphatic carboxylic acids is 1. The van der Waals surface area contributed by atoms with Crippen molar-refractivity contribution < 1.29 is 24.5 Å². The quantitative estimate of drug-likeness (QED) is 0.601. The van der Waals surface area contributed by atoms with Crippen LogP contribution in [-0.4, -0.2) is 40.5 Å². The molecule has 6 heteroatoms. The molecule has 90 valence electrons. The van der Waals surface area contributed by atoms with Gasteiger partial charge in [0, 0.05) is 6.42 Å². The smallest absolute Gasteiger partial charge is 0.408 e. The number of alkyl carbamates (subject to hydrolysis) is 1. The number of aliphatic hydroxyl groups is 1. The standard InChI is InChI=1S/C10H15NO5/c1-2-5-16-9(15)11-10(8(13)14)4-3-7(12)6-10/h2,7,12H,1,3-6H2,(H,11,15)(H,13,14)/t7-,10+/m1/s1. The van der Waals surface area contributed by atoms with Gasteiger partial charge in [-0.25, -0.2) is 9.59 Å². The molecule has 6 nitrogen and oxygen atoms in total. The van der Waals surface area contributed by atoms with E-state index in [1.165, 1.54) is 6.08 Å². The van der Waals surface area contributed by atoms with E-state index in [1.807, 2.05) is 0 Å². The third-order valence-electron chi connectivity index (χ3n) is 2.57. The normalized spacial score (nSPS) is 28.4. The van der Waals surface area contributed by atoms with Crippen LogP contribution in [0.5, 0.6) is 0 Å². The van der Waals surface area contributed by atoms with E-state index < -0.39 is 23.7 Å². The molecule has 3 N–H and O–H groups in total. The number of aliphatic hydroxyl groups excluding tert-OH is 1. The average Bonchev–Trinajstić information content (AvgIpc) is 2.58. The minimum absolute atomic E-state index is 0.00548. The van der Waals surface area contributed by atoms with Gasteiger partial charge < -0.3 is 20.3 Å². The van der Waals surface area contributed by atoms with Crippen LogP contribution >= 0.6 is 0 Å². The lowest BCUT2D eigenvalue weighted by atomic mass is 9.98. The fraction of sp³-hybridized carbons (Fsp3) is 0.600. The molecule has 0 heterocycles. The fourth-order valence-electron chi connectivity index (χ4n) is 1.75. The first-order chi connectivity index (χ1) is 7.50. The van der Waals surface area contributed by atoms with E-state index in [0.29, 0.717) is 6.42 Å². The number of ether oxygens (including phenoxy) is 1. The third kappa shape index (κ3) is 2.73. The van der Waals surface area contributed by atoms with E-state index >= 15 is 0 Å². The zero-order valence-electron chi connectivity index (χ0n) is 8.81. The van der Waals surface area contributed by atoms with Crippen LogP contribution in [0, 0.1) is 0 Å². The summed E-state index contributed by atoms with van der Waals surface area (Å²) in [5.41, 5.74) is -1.41. The van der Waals surface area contributed by atoms with E-state index in [2.05, 4.69) is 16.6 Å². The monoisotopic (exact) mass is 229 g/mol. The highest BCUT2D eigenvalue weighted by Crippen LogP contribution is 2.30. The van der Waals surface area contributed by atoms with Crippen LogP contribution in [0.1, 0.15) is 19.3 Å². The van der Waals surface area contributed by atoms with Crippen LogP contribution in [0.2, 0.25) is 0 Å². The van der Waals surface area contributed by atoms with Crippen molar-refractivity contribution in [3.8, 4) is 0 Å². The second kappa shape index (κ2) is 4.98. The van der Waals surface area contributed by atoms with Crippen molar-refractivity contribution in [3.63, 3.8) is 0 Å². The van der Waals surface area contributed by atoms with E-state index in [-0.39, 0.29) is 19.4 Å². The Morgan fingerprint density at radius 1 is 1.62 bits per heavy atom. The molecule has 1 rings (SSSR count). The Hall–Kier alpha value is -1.56. The summed E-state index contributed by atoms with van der Waals surface area (Å²) in [4.78, 5) is 22.3. The molecule has 0 aromatic heterocycles. The van der Waals surface area contributed by atoms with E-state index in [9.17, 15) is 14.7 Å². The number of carboxylic acids is 1. The molecule has 1 fully saturated rings. The highest BCUT2D eigenvalue weighted by atomic mass is 16.5. The van der Waals surface area contributed by atoms with Crippen LogP contribution in [0.25, 0.3) is 0 Å². The predicted octanol–water partition coefficient (Wildman–Crippen LogP) is 0.267. The van der Waals surface area contributed by atoms with Crippen molar-refractivity contribution in [2.75, 3.05) is 6.61 Å². The van der Waals surface area contributed by atoms with Gasteiger partial charge in [-0.2, -0.15) is 0 Å². The second-order valence-electron chi connectivity index (χ2n) is 3.80. The van der Waals surface area contributed by atoms with Gasteiger partial charge in [0.15, 0.2) is 0 Å². The molecule has 0 unspecified atom stereocenters. The SMILES string of the molecule is C=CCOC(=O)N[C@@]1(C(=O)O)CC[C@@H](O)C1. The Labute approximate surface area is 92.9 Å². The molecule has 0 aromatic rings. The van der Waals surface area contributed by atoms with Crippen LogP contribution in [0.4, 0.5) is 4.79 Å². The molecule has 0 spiro atoms. The molecule has 0 bridgehead atoms. The zero-order chi connectivity index (χ0) is 12.2. The van der Waals surface area contributed by atoms with Crippen LogP contribution in [-0.2, 0) is 9.53 Å².